The third kappa shape index (κ3) is 3.50. The van der Waals surface area contributed by atoms with Gasteiger partial charge in [-0.1, -0.05) is 29.3 Å². The third-order valence-corrected chi connectivity index (χ3v) is 4.35. The smallest absolute Gasteiger partial charge is 0.340 e. The molecule has 1 fully saturated rings. The molecule has 1 aromatic rings. The standard InChI is InChI=1S/C15H20BrNO2/c1-2-10-5-3-4-6-14(10)19-15(18)12-8-7-11(16)9-13(12)17/h7-10,14H,2-6,17H2,1H3. The lowest BCUT2D eigenvalue weighted by Crippen LogP contribution is -2.30. The van der Waals surface area contributed by atoms with E-state index >= 15 is 0 Å². The minimum Gasteiger partial charge on any atom is -0.458 e. The number of nitrogen functional groups attached to an aromatic ring is 1. The minimum atomic E-state index is -0.296. The van der Waals surface area contributed by atoms with Gasteiger partial charge in [-0.2, -0.15) is 0 Å². The maximum atomic E-state index is 12.2. The molecular formula is C15H20BrNO2. The largest absolute Gasteiger partial charge is 0.458 e. The Labute approximate surface area is 122 Å². The first-order valence-electron chi connectivity index (χ1n) is 6.87. The number of anilines is 1. The quantitative estimate of drug-likeness (QED) is 0.670. The molecule has 0 aliphatic heterocycles. The highest BCUT2D eigenvalue weighted by atomic mass is 79.9. The molecule has 0 saturated heterocycles. The third-order valence-electron chi connectivity index (χ3n) is 3.86. The van der Waals surface area contributed by atoms with E-state index in [9.17, 15) is 4.79 Å². The van der Waals surface area contributed by atoms with Crippen molar-refractivity contribution in [2.75, 3.05) is 5.73 Å². The summed E-state index contributed by atoms with van der Waals surface area (Å²) in [6, 6.07) is 5.26. The first-order valence-corrected chi connectivity index (χ1v) is 7.67. The lowest BCUT2D eigenvalue weighted by molar-refractivity contribution is 0.000821. The first-order chi connectivity index (χ1) is 9.11. The molecule has 0 radical (unpaired) electrons. The van der Waals surface area contributed by atoms with Gasteiger partial charge in [-0.05, 0) is 49.8 Å². The summed E-state index contributed by atoms with van der Waals surface area (Å²) in [5, 5.41) is 0. The number of hydrogen-bond acceptors (Lipinski definition) is 3. The number of esters is 1. The number of halogens is 1. The Morgan fingerprint density at radius 2 is 2.16 bits per heavy atom. The van der Waals surface area contributed by atoms with E-state index in [4.69, 9.17) is 10.5 Å². The fraction of sp³-hybridized carbons (Fsp3) is 0.533. The maximum Gasteiger partial charge on any atom is 0.340 e. The number of hydrogen-bond donors (Lipinski definition) is 1. The normalized spacial score (nSPS) is 23.1. The zero-order valence-electron chi connectivity index (χ0n) is 11.2. The summed E-state index contributed by atoms with van der Waals surface area (Å²) in [6.07, 6.45) is 5.63. The molecule has 0 aromatic heterocycles. The van der Waals surface area contributed by atoms with E-state index in [0.29, 0.717) is 17.2 Å². The van der Waals surface area contributed by atoms with Crippen LogP contribution < -0.4 is 5.73 Å². The summed E-state index contributed by atoms with van der Waals surface area (Å²) in [6.45, 7) is 2.16. The Balaban J connectivity index is 2.07. The number of benzene rings is 1. The van der Waals surface area contributed by atoms with Crippen molar-refractivity contribution in [2.24, 2.45) is 5.92 Å². The van der Waals surface area contributed by atoms with E-state index in [1.165, 1.54) is 6.42 Å². The lowest BCUT2D eigenvalue weighted by atomic mass is 9.85. The fourth-order valence-corrected chi connectivity index (χ4v) is 3.10. The molecule has 0 bridgehead atoms. The van der Waals surface area contributed by atoms with Crippen molar-refractivity contribution in [3.05, 3.63) is 28.2 Å². The molecule has 1 aromatic carbocycles. The summed E-state index contributed by atoms with van der Waals surface area (Å²) >= 11 is 3.33. The van der Waals surface area contributed by atoms with Crippen molar-refractivity contribution < 1.29 is 9.53 Å². The average Bonchev–Trinajstić information content (AvgIpc) is 2.39. The van der Waals surface area contributed by atoms with Gasteiger partial charge in [0.1, 0.15) is 6.10 Å². The van der Waals surface area contributed by atoms with Crippen LogP contribution in [0.3, 0.4) is 0 Å². The van der Waals surface area contributed by atoms with E-state index in [2.05, 4.69) is 22.9 Å². The van der Waals surface area contributed by atoms with Gasteiger partial charge in [-0.15, -0.1) is 0 Å². The molecule has 104 valence electrons. The van der Waals surface area contributed by atoms with Crippen molar-refractivity contribution in [1.29, 1.82) is 0 Å². The van der Waals surface area contributed by atoms with Gasteiger partial charge in [-0.3, -0.25) is 0 Å². The molecule has 2 unspecified atom stereocenters. The van der Waals surface area contributed by atoms with E-state index in [-0.39, 0.29) is 12.1 Å². The molecule has 1 saturated carbocycles. The van der Waals surface area contributed by atoms with Gasteiger partial charge in [0.05, 0.1) is 5.56 Å². The molecule has 0 heterocycles. The van der Waals surface area contributed by atoms with Gasteiger partial charge < -0.3 is 10.5 Å². The van der Waals surface area contributed by atoms with Crippen molar-refractivity contribution in [3.8, 4) is 0 Å². The van der Waals surface area contributed by atoms with E-state index in [1.54, 1.807) is 12.1 Å². The van der Waals surface area contributed by atoms with Crippen molar-refractivity contribution >= 4 is 27.6 Å². The molecule has 2 rings (SSSR count). The predicted molar refractivity (Wildman–Crippen MR) is 80.0 cm³/mol. The molecule has 2 atom stereocenters. The van der Waals surface area contributed by atoms with Crippen LogP contribution in [0.2, 0.25) is 0 Å². The molecule has 4 heteroatoms. The number of rotatable bonds is 3. The molecule has 19 heavy (non-hydrogen) atoms. The van der Waals surface area contributed by atoms with Crippen LogP contribution in [-0.4, -0.2) is 12.1 Å². The molecule has 1 aliphatic carbocycles. The first kappa shape index (κ1) is 14.4. The van der Waals surface area contributed by atoms with E-state index in [0.717, 1.165) is 30.2 Å². The molecule has 3 nitrogen and oxygen atoms in total. The fourth-order valence-electron chi connectivity index (χ4n) is 2.72. The van der Waals surface area contributed by atoms with Crippen molar-refractivity contribution in [3.63, 3.8) is 0 Å². The molecular weight excluding hydrogens is 306 g/mol. The molecule has 1 aliphatic rings. The van der Waals surface area contributed by atoms with Gasteiger partial charge >= 0.3 is 5.97 Å². The second-order valence-electron chi connectivity index (χ2n) is 5.13. The second kappa shape index (κ2) is 6.42. The lowest BCUT2D eigenvalue weighted by Gasteiger charge is -2.30. The van der Waals surface area contributed by atoms with Crippen LogP contribution in [-0.2, 0) is 4.74 Å². The number of nitrogens with two attached hydrogens (primary N) is 1. The average molecular weight is 326 g/mol. The van der Waals surface area contributed by atoms with Crippen molar-refractivity contribution in [1.82, 2.24) is 0 Å². The Kier molecular flexibility index (Phi) is 4.86. The second-order valence-corrected chi connectivity index (χ2v) is 6.04. The van der Waals surface area contributed by atoms with Crippen LogP contribution in [0.5, 0.6) is 0 Å². The van der Waals surface area contributed by atoms with Gasteiger partial charge in [-0.25, -0.2) is 4.79 Å². The predicted octanol–water partition coefficient (Wildman–Crippen LogP) is 4.16. The van der Waals surface area contributed by atoms with Crippen LogP contribution in [0.4, 0.5) is 5.69 Å². The Morgan fingerprint density at radius 3 is 2.84 bits per heavy atom. The zero-order chi connectivity index (χ0) is 13.8. The van der Waals surface area contributed by atoms with E-state index in [1.807, 2.05) is 6.07 Å². The maximum absolute atomic E-state index is 12.2. The Morgan fingerprint density at radius 1 is 1.42 bits per heavy atom. The topological polar surface area (TPSA) is 52.3 Å². The van der Waals surface area contributed by atoms with Crippen LogP contribution in [0.1, 0.15) is 49.4 Å². The van der Waals surface area contributed by atoms with Crippen molar-refractivity contribution in [2.45, 2.75) is 45.1 Å². The highest BCUT2D eigenvalue weighted by Crippen LogP contribution is 2.30. The Hall–Kier alpha value is -1.03. The summed E-state index contributed by atoms with van der Waals surface area (Å²) in [4.78, 5) is 12.2. The molecule has 0 spiro atoms. The van der Waals surface area contributed by atoms with Gasteiger partial charge in [0.2, 0.25) is 0 Å². The molecule has 2 N–H and O–H groups in total. The molecule has 0 amide bonds. The van der Waals surface area contributed by atoms with Crippen LogP contribution in [0, 0.1) is 5.92 Å². The minimum absolute atomic E-state index is 0.0503. The van der Waals surface area contributed by atoms with Crippen LogP contribution in [0.25, 0.3) is 0 Å². The number of carbonyl (C=O) groups excluding carboxylic acids is 1. The van der Waals surface area contributed by atoms with Gasteiger partial charge in [0.15, 0.2) is 0 Å². The number of ether oxygens (including phenoxy) is 1. The van der Waals surface area contributed by atoms with Gasteiger partial charge in [0.25, 0.3) is 0 Å². The van der Waals surface area contributed by atoms with Crippen LogP contribution >= 0.6 is 15.9 Å². The Bertz CT molecular complexity index is 461. The summed E-state index contributed by atoms with van der Waals surface area (Å²) in [7, 11) is 0. The monoisotopic (exact) mass is 325 g/mol. The van der Waals surface area contributed by atoms with Crippen LogP contribution in [0.15, 0.2) is 22.7 Å². The zero-order valence-corrected chi connectivity index (χ0v) is 12.8. The SMILES string of the molecule is CCC1CCCCC1OC(=O)c1ccc(Br)cc1N. The summed E-state index contributed by atoms with van der Waals surface area (Å²) in [5.74, 6) is 0.199. The van der Waals surface area contributed by atoms with E-state index < -0.39 is 0 Å². The summed E-state index contributed by atoms with van der Waals surface area (Å²) in [5.41, 5.74) is 6.79. The summed E-state index contributed by atoms with van der Waals surface area (Å²) < 4.78 is 6.53. The highest BCUT2D eigenvalue weighted by molar-refractivity contribution is 9.10. The number of carbonyl (C=O) groups is 1. The highest BCUT2D eigenvalue weighted by Gasteiger charge is 2.27. The van der Waals surface area contributed by atoms with Gasteiger partial charge in [0, 0.05) is 10.2 Å².